The zero-order valence-corrected chi connectivity index (χ0v) is 16.2. The van der Waals surface area contributed by atoms with Crippen LogP contribution >= 0.6 is 0 Å². The molecule has 0 bridgehead atoms. The van der Waals surface area contributed by atoms with E-state index < -0.39 is 18.0 Å². The average molecular weight is 381 g/mol. The Bertz CT molecular complexity index is 891. The fourth-order valence-electron chi connectivity index (χ4n) is 3.24. The number of benzene rings is 2. The van der Waals surface area contributed by atoms with E-state index in [0.717, 1.165) is 5.56 Å². The van der Waals surface area contributed by atoms with E-state index in [1.54, 1.807) is 33.3 Å². The molecule has 0 radical (unpaired) electrons. The number of methoxy groups -OCH3 is 2. The number of ketones is 1. The van der Waals surface area contributed by atoms with Crippen LogP contribution in [0.25, 0.3) is 0 Å². The SMILES string of the molecule is COc1ccc(CCN=C(C)C2C(=O)O[C@@H](c3ccccc3)C2=O)cc1OC. The summed E-state index contributed by atoms with van der Waals surface area (Å²) in [6.07, 6.45) is -0.204. The van der Waals surface area contributed by atoms with Gasteiger partial charge in [-0.25, -0.2) is 0 Å². The smallest absolute Gasteiger partial charge is 0.323 e. The van der Waals surface area contributed by atoms with Crippen LogP contribution in [0.1, 0.15) is 24.2 Å². The van der Waals surface area contributed by atoms with Crippen LogP contribution in [0.2, 0.25) is 0 Å². The highest BCUT2D eigenvalue weighted by Crippen LogP contribution is 2.31. The third-order valence-corrected chi connectivity index (χ3v) is 4.74. The number of hydrogen-bond donors (Lipinski definition) is 0. The van der Waals surface area contributed by atoms with Crippen molar-refractivity contribution in [1.29, 1.82) is 0 Å². The molecule has 1 aliphatic rings. The number of nitrogens with zero attached hydrogens (tertiary/aromatic N) is 1. The summed E-state index contributed by atoms with van der Waals surface area (Å²) in [5.41, 5.74) is 2.19. The minimum absolute atomic E-state index is 0.261. The van der Waals surface area contributed by atoms with Gasteiger partial charge in [0, 0.05) is 17.8 Å². The van der Waals surface area contributed by atoms with E-state index in [2.05, 4.69) is 4.99 Å². The van der Waals surface area contributed by atoms with Crippen molar-refractivity contribution in [3.05, 3.63) is 59.7 Å². The van der Waals surface area contributed by atoms with Crippen LogP contribution in [-0.4, -0.2) is 38.2 Å². The number of esters is 1. The van der Waals surface area contributed by atoms with Crippen LogP contribution in [0.15, 0.2) is 53.5 Å². The van der Waals surface area contributed by atoms with Gasteiger partial charge in [-0.15, -0.1) is 0 Å². The Morgan fingerprint density at radius 3 is 2.43 bits per heavy atom. The van der Waals surface area contributed by atoms with E-state index in [0.29, 0.717) is 35.7 Å². The molecule has 1 aliphatic heterocycles. The van der Waals surface area contributed by atoms with Crippen molar-refractivity contribution in [2.24, 2.45) is 10.9 Å². The van der Waals surface area contributed by atoms with Crippen molar-refractivity contribution in [1.82, 2.24) is 0 Å². The van der Waals surface area contributed by atoms with Crippen molar-refractivity contribution in [2.45, 2.75) is 19.4 Å². The molecule has 0 aromatic heterocycles. The van der Waals surface area contributed by atoms with E-state index in [-0.39, 0.29) is 5.78 Å². The second-order valence-electron chi connectivity index (χ2n) is 6.53. The lowest BCUT2D eigenvalue weighted by Gasteiger charge is -2.09. The summed E-state index contributed by atoms with van der Waals surface area (Å²) in [7, 11) is 3.18. The summed E-state index contributed by atoms with van der Waals surface area (Å²) in [5.74, 6) is -0.413. The first-order valence-electron chi connectivity index (χ1n) is 9.06. The fraction of sp³-hybridized carbons (Fsp3) is 0.318. The quantitative estimate of drug-likeness (QED) is 0.418. The maximum Gasteiger partial charge on any atom is 0.323 e. The van der Waals surface area contributed by atoms with Gasteiger partial charge in [-0.2, -0.15) is 0 Å². The van der Waals surface area contributed by atoms with Crippen LogP contribution in [-0.2, 0) is 20.7 Å². The van der Waals surface area contributed by atoms with Gasteiger partial charge in [0.25, 0.3) is 0 Å². The summed E-state index contributed by atoms with van der Waals surface area (Å²) in [6, 6.07) is 14.7. The number of hydrogen-bond acceptors (Lipinski definition) is 6. The molecule has 0 amide bonds. The van der Waals surface area contributed by atoms with Crippen molar-refractivity contribution in [3.63, 3.8) is 0 Å². The second-order valence-corrected chi connectivity index (χ2v) is 6.53. The number of carbonyl (C=O) groups excluding carboxylic acids is 2. The molecule has 6 heteroatoms. The Kier molecular flexibility index (Phi) is 6.09. The highest BCUT2D eigenvalue weighted by Gasteiger charge is 2.45. The van der Waals surface area contributed by atoms with Crippen LogP contribution in [0.4, 0.5) is 0 Å². The summed E-state index contributed by atoms with van der Waals surface area (Å²) in [4.78, 5) is 29.4. The van der Waals surface area contributed by atoms with Crippen LogP contribution in [0, 0.1) is 5.92 Å². The lowest BCUT2D eigenvalue weighted by atomic mass is 9.95. The van der Waals surface area contributed by atoms with Crippen LogP contribution in [0.5, 0.6) is 11.5 Å². The lowest BCUT2D eigenvalue weighted by molar-refractivity contribution is -0.143. The number of carbonyl (C=O) groups is 2. The Balaban J connectivity index is 1.67. The largest absolute Gasteiger partial charge is 0.493 e. The van der Waals surface area contributed by atoms with Gasteiger partial charge < -0.3 is 14.2 Å². The topological polar surface area (TPSA) is 74.2 Å². The Morgan fingerprint density at radius 1 is 1.04 bits per heavy atom. The third-order valence-electron chi connectivity index (χ3n) is 4.74. The first-order chi connectivity index (χ1) is 13.5. The Labute approximate surface area is 164 Å². The normalized spacial score (nSPS) is 19.5. The van der Waals surface area contributed by atoms with Crippen molar-refractivity contribution in [3.8, 4) is 11.5 Å². The monoisotopic (exact) mass is 381 g/mol. The molecule has 1 saturated heterocycles. The molecule has 28 heavy (non-hydrogen) atoms. The maximum absolute atomic E-state index is 12.7. The van der Waals surface area contributed by atoms with Gasteiger partial charge in [0.05, 0.1) is 14.2 Å². The molecule has 1 heterocycles. The molecule has 1 fully saturated rings. The molecule has 6 nitrogen and oxygen atoms in total. The molecule has 2 atom stereocenters. The second kappa shape index (κ2) is 8.69. The van der Waals surface area contributed by atoms with Crippen molar-refractivity contribution in [2.75, 3.05) is 20.8 Å². The van der Waals surface area contributed by atoms with Gasteiger partial charge in [0.1, 0.15) is 0 Å². The Hall–Kier alpha value is -3.15. The standard InChI is InChI=1S/C22H23NO5/c1-14(23-12-11-15-9-10-17(26-2)18(13-15)27-3)19-20(24)21(28-22(19)25)16-7-5-4-6-8-16/h4-10,13,19,21H,11-12H2,1-3H3/t19?,21-/m0/s1. The first-order valence-corrected chi connectivity index (χ1v) is 9.06. The molecule has 0 saturated carbocycles. The maximum atomic E-state index is 12.7. The van der Waals surface area contributed by atoms with Gasteiger partial charge in [-0.05, 0) is 31.0 Å². The van der Waals surface area contributed by atoms with E-state index in [1.807, 2.05) is 36.4 Å². The number of Topliss-reactive ketones (excluding diaryl/α,β-unsaturated/α-hetero) is 1. The predicted molar refractivity (Wildman–Crippen MR) is 105 cm³/mol. The van der Waals surface area contributed by atoms with Gasteiger partial charge >= 0.3 is 5.97 Å². The number of cyclic esters (lactones) is 1. The lowest BCUT2D eigenvalue weighted by Crippen LogP contribution is -2.24. The highest BCUT2D eigenvalue weighted by atomic mass is 16.6. The van der Waals surface area contributed by atoms with E-state index in [9.17, 15) is 9.59 Å². The number of ether oxygens (including phenoxy) is 3. The minimum Gasteiger partial charge on any atom is -0.493 e. The van der Waals surface area contributed by atoms with Crippen molar-refractivity contribution >= 4 is 17.5 Å². The van der Waals surface area contributed by atoms with Gasteiger partial charge in [0.15, 0.2) is 29.3 Å². The summed E-state index contributed by atoms with van der Waals surface area (Å²) in [6.45, 7) is 2.15. The van der Waals surface area contributed by atoms with Crippen LogP contribution < -0.4 is 9.47 Å². The van der Waals surface area contributed by atoms with Crippen molar-refractivity contribution < 1.29 is 23.8 Å². The summed E-state index contributed by atoms with van der Waals surface area (Å²) < 4.78 is 15.8. The van der Waals surface area contributed by atoms with E-state index in [1.165, 1.54) is 0 Å². The van der Waals surface area contributed by atoms with Gasteiger partial charge in [-0.3, -0.25) is 14.6 Å². The van der Waals surface area contributed by atoms with Gasteiger partial charge in [0.2, 0.25) is 0 Å². The third kappa shape index (κ3) is 4.06. The molecule has 1 unspecified atom stereocenters. The van der Waals surface area contributed by atoms with Crippen LogP contribution in [0.3, 0.4) is 0 Å². The zero-order chi connectivity index (χ0) is 20.1. The summed E-state index contributed by atoms with van der Waals surface area (Å²) >= 11 is 0. The zero-order valence-electron chi connectivity index (χ0n) is 16.2. The van der Waals surface area contributed by atoms with Gasteiger partial charge in [-0.1, -0.05) is 36.4 Å². The predicted octanol–water partition coefficient (Wildman–Crippen LogP) is 3.19. The van der Waals surface area contributed by atoms with E-state index >= 15 is 0 Å². The molecular formula is C22H23NO5. The molecular weight excluding hydrogens is 358 g/mol. The van der Waals surface area contributed by atoms with E-state index in [4.69, 9.17) is 14.2 Å². The number of aliphatic imine (C=N–C) groups is 1. The summed E-state index contributed by atoms with van der Waals surface area (Å²) in [5, 5.41) is 0. The number of rotatable bonds is 7. The highest BCUT2D eigenvalue weighted by molar-refractivity contribution is 6.22. The first kappa shape index (κ1) is 19.6. The molecule has 2 aromatic rings. The molecule has 3 rings (SSSR count). The average Bonchev–Trinajstić information content (AvgIpc) is 3.02. The molecule has 0 aliphatic carbocycles. The fourth-order valence-corrected chi connectivity index (χ4v) is 3.24. The molecule has 146 valence electrons. The Morgan fingerprint density at radius 2 is 1.75 bits per heavy atom. The molecule has 0 spiro atoms. The minimum atomic E-state index is -0.935. The molecule has 0 N–H and O–H groups in total. The molecule has 2 aromatic carbocycles.